The van der Waals surface area contributed by atoms with Gasteiger partial charge in [-0.05, 0) is 44.0 Å². The van der Waals surface area contributed by atoms with E-state index in [1.807, 2.05) is 20.9 Å². The molecule has 1 aliphatic rings. The molecule has 1 N–H and O–H groups in total. The van der Waals surface area contributed by atoms with Gasteiger partial charge in [-0.3, -0.25) is 9.48 Å². The van der Waals surface area contributed by atoms with Crippen molar-refractivity contribution in [1.82, 2.24) is 29.5 Å². The molecule has 3 heterocycles. The highest BCUT2D eigenvalue weighted by Gasteiger charge is 2.28. The predicted octanol–water partition coefficient (Wildman–Crippen LogP) is 3.95. The molecule has 0 radical (unpaired) electrons. The second kappa shape index (κ2) is 7.67. The summed E-state index contributed by atoms with van der Waals surface area (Å²) in [6, 6.07) is 8.18. The number of nitrogens with zero attached hydrogens (tertiary/aromatic N) is 6. The van der Waals surface area contributed by atoms with Gasteiger partial charge in [0.15, 0.2) is 17.4 Å². The maximum Gasteiger partial charge on any atom is 0.166 e. The number of rotatable bonds is 5. The van der Waals surface area contributed by atoms with Gasteiger partial charge in [0, 0.05) is 30.7 Å². The molecule has 3 aromatic heterocycles. The number of carbonyl (C=O) groups is 1. The summed E-state index contributed by atoms with van der Waals surface area (Å²) in [4.78, 5) is 20.9. The lowest BCUT2D eigenvalue weighted by molar-refractivity contribution is 0.0994. The molecule has 0 unspecified atom stereocenters. The molecule has 1 aromatic carbocycles. The van der Waals surface area contributed by atoms with Crippen LogP contribution in [0.25, 0.3) is 17.1 Å². The zero-order chi connectivity index (χ0) is 22.4. The highest BCUT2D eigenvalue weighted by molar-refractivity contribution is 6.01. The lowest BCUT2D eigenvalue weighted by atomic mass is 10.1. The van der Waals surface area contributed by atoms with Crippen LogP contribution in [0.4, 0.5) is 16.0 Å². The summed E-state index contributed by atoms with van der Waals surface area (Å²) in [7, 11) is 1.86. The molecule has 0 atom stereocenters. The quantitative estimate of drug-likeness (QED) is 0.515. The maximum atomic E-state index is 13.4. The smallest absolute Gasteiger partial charge is 0.166 e. The minimum absolute atomic E-state index is 0.130. The average molecular weight is 431 g/mol. The summed E-state index contributed by atoms with van der Waals surface area (Å²) in [5.74, 6) is 1.69. The summed E-state index contributed by atoms with van der Waals surface area (Å²) in [5.41, 5.74) is 5.13. The topological polar surface area (TPSA) is 90.5 Å². The van der Waals surface area contributed by atoms with Crippen LogP contribution in [0.5, 0.6) is 0 Å². The first kappa shape index (κ1) is 20.0. The Kier molecular flexibility index (Phi) is 4.80. The molecule has 0 saturated heterocycles. The van der Waals surface area contributed by atoms with E-state index in [-0.39, 0.29) is 11.6 Å². The van der Waals surface area contributed by atoms with Gasteiger partial charge in [-0.2, -0.15) is 10.2 Å². The van der Waals surface area contributed by atoms with E-state index >= 15 is 0 Å². The van der Waals surface area contributed by atoms with Crippen LogP contribution in [0.15, 0.2) is 36.7 Å². The molecule has 0 aliphatic heterocycles. The van der Waals surface area contributed by atoms with Gasteiger partial charge >= 0.3 is 0 Å². The molecule has 0 bridgehead atoms. The van der Waals surface area contributed by atoms with Crippen molar-refractivity contribution in [3.8, 4) is 17.1 Å². The molecule has 32 heavy (non-hydrogen) atoms. The molecule has 0 spiro atoms. The van der Waals surface area contributed by atoms with Crippen LogP contribution in [-0.2, 0) is 19.9 Å². The Balaban J connectivity index is 1.51. The van der Waals surface area contributed by atoms with E-state index in [1.54, 1.807) is 27.6 Å². The van der Waals surface area contributed by atoms with Crippen LogP contribution in [0, 0.1) is 12.7 Å². The third-order valence-corrected chi connectivity index (χ3v) is 5.76. The number of Topliss-reactive ketones (excluding diaryl/α,β-unsaturated/α-hetero) is 1. The van der Waals surface area contributed by atoms with Gasteiger partial charge in [0.05, 0.1) is 22.6 Å². The molecule has 8 nitrogen and oxygen atoms in total. The number of anilines is 2. The molecular formula is C23H22FN7O. The Morgan fingerprint density at radius 1 is 1.12 bits per heavy atom. The van der Waals surface area contributed by atoms with E-state index in [1.165, 1.54) is 18.5 Å². The van der Waals surface area contributed by atoms with Crippen LogP contribution in [0.3, 0.4) is 0 Å². The van der Waals surface area contributed by atoms with Crippen LogP contribution >= 0.6 is 0 Å². The lowest BCUT2D eigenvalue weighted by Crippen LogP contribution is -2.06. The lowest BCUT2D eigenvalue weighted by Gasteiger charge is -2.08. The Bertz CT molecular complexity index is 1340. The summed E-state index contributed by atoms with van der Waals surface area (Å²) in [6.07, 6.45) is 3.36. The van der Waals surface area contributed by atoms with Gasteiger partial charge in [-0.1, -0.05) is 6.92 Å². The summed E-state index contributed by atoms with van der Waals surface area (Å²) in [6.45, 7) is 3.89. The number of benzene rings is 1. The van der Waals surface area contributed by atoms with Crippen molar-refractivity contribution >= 4 is 17.4 Å². The fourth-order valence-electron chi connectivity index (χ4n) is 4.34. The molecule has 0 saturated carbocycles. The fourth-order valence-corrected chi connectivity index (χ4v) is 4.34. The van der Waals surface area contributed by atoms with Crippen molar-refractivity contribution in [2.45, 2.75) is 33.1 Å². The van der Waals surface area contributed by atoms with E-state index in [2.05, 4.69) is 25.5 Å². The van der Waals surface area contributed by atoms with Crippen LogP contribution in [0.1, 0.15) is 40.7 Å². The van der Waals surface area contributed by atoms with E-state index in [0.29, 0.717) is 35.9 Å². The zero-order valence-corrected chi connectivity index (χ0v) is 18.1. The number of ketones is 1. The van der Waals surface area contributed by atoms with E-state index < -0.39 is 0 Å². The Morgan fingerprint density at radius 3 is 2.66 bits per heavy atom. The first-order valence-corrected chi connectivity index (χ1v) is 10.5. The minimum atomic E-state index is -0.275. The molecule has 4 aromatic rings. The van der Waals surface area contributed by atoms with E-state index in [0.717, 1.165) is 34.6 Å². The van der Waals surface area contributed by atoms with Crippen molar-refractivity contribution in [3.63, 3.8) is 0 Å². The first-order valence-electron chi connectivity index (χ1n) is 10.5. The largest absolute Gasteiger partial charge is 0.323 e. The standard InChI is InChI=1S/C23H22FN7O/c1-4-16-22(14-5-7-15(24)8-6-14)30(3)29-23(16)27-19-11-20(26-12-25-19)31-17-9-10-18(32)21(17)13(2)28-31/h5-8,11-12H,4,9-10H2,1-3H3,(H,25,26,27,29). The van der Waals surface area contributed by atoms with Crippen LogP contribution in [-0.4, -0.2) is 35.3 Å². The second-order valence-corrected chi connectivity index (χ2v) is 7.79. The fraction of sp³-hybridized carbons (Fsp3) is 0.261. The van der Waals surface area contributed by atoms with Crippen molar-refractivity contribution in [1.29, 1.82) is 0 Å². The van der Waals surface area contributed by atoms with E-state index in [4.69, 9.17) is 0 Å². The van der Waals surface area contributed by atoms with Gasteiger partial charge in [0.2, 0.25) is 0 Å². The number of carbonyl (C=O) groups excluding carboxylic acids is 1. The van der Waals surface area contributed by atoms with Crippen molar-refractivity contribution in [3.05, 3.63) is 65.0 Å². The number of aryl methyl sites for hydroxylation is 2. The first-order chi connectivity index (χ1) is 15.5. The molecule has 1 aliphatic carbocycles. The van der Waals surface area contributed by atoms with Gasteiger partial charge in [0.25, 0.3) is 0 Å². The second-order valence-electron chi connectivity index (χ2n) is 7.79. The van der Waals surface area contributed by atoms with Crippen molar-refractivity contribution in [2.24, 2.45) is 7.05 Å². The number of halogens is 1. The SMILES string of the molecule is CCc1c(Nc2cc(-n3nc(C)c4c3CCC4=O)ncn2)nn(C)c1-c1ccc(F)cc1. The van der Waals surface area contributed by atoms with Crippen molar-refractivity contribution in [2.75, 3.05) is 5.32 Å². The normalized spacial score (nSPS) is 12.9. The third kappa shape index (κ3) is 3.26. The summed E-state index contributed by atoms with van der Waals surface area (Å²) in [5, 5.41) is 12.5. The Labute approximate surface area is 184 Å². The van der Waals surface area contributed by atoms with Gasteiger partial charge < -0.3 is 5.32 Å². The van der Waals surface area contributed by atoms with E-state index in [9.17, 15) is 9.18 Å². The van der Waals surface area contributed by atoms with Gasteiger partial charge in [-0.15, -0.1) is 0 Å². The number of hydrogen-bond acceptors (Lipinski definition) is 6. The zero-order valence-electron chi connectivity index (χ0n) is 18.1. The monoisotopic (exact) mass is 431 g/mol. The molecule has 9 heteroatoms. The average Bonchev–Trinajstić information content (AvgIpc) is 3.42. The highest BCUT2D eigenvalue weighted by Crippen LogP contribution is 2.31. The van der Waals surface area contributed by atoms with Crippen molar-refractivity contribution < 1.29 is 9.18 Å². The Hall–Kier alpha value is -3.88. The van der Waals surface area contributed by atoms with Gasteiger partial charge in [-0.25, -0.2) is 19.0 Å². The van der Waals surface area contributed by atoms with Crippen LogP contribution in [0.2, 0.25) is 0 Å². The molecular weight excluding hydrogens is 409 g/mol. The van der Waals surface area contributed by atoms with Gasteiger partial charge in [0.1, 0.15) is 18.0 Å². The minimum Gasteiger partial charge on any atom is -0.323 e. The number of fused-ring (bicyclic) bond motifs is 1. The van der Waals surface area contributed by atoms with Crippen LogP contribution < -0.4 is 5.32 Å². The number of aromatic nitrogens is 6. The number of nitrogens with one attached hydrogen (secondary N) is 1. The molecule has 0 amide bonds. The summed E-state index contributed by atoms with van der Waals surface area (Å²) < 4.78 is 16.9. The predicted molar refractivity (Wildman–Crippen MR) is 118 cm³/mol. The third-order valence-electron chi connectivity index (χ3n) is 5.76. The Morgan fingerprint density at radius 2 is 1.91 bits per heavy atom. The molecule has 5 rings (SSSR count). The number of hydrogen-bond donors (Lipinski definition) is 1. The maximum absolute atomic E-state index is 13.4. The summed E-state index contributed by atoms with van der Waals surface area (Å²) >= 11 is 0. The molecule has 0 fully saturated rings. The highest BCUT2D eigenvalue weighted by atomic mass is 19.1. The molecule has 162 valence electrons.